The van der Waals surface area contributed by atoms with Gasteiger partial charge in [0.2, 0.25) is 5.78 Å². The summed E-state index contributed by atoms with van der Waals surface area (Å²) in [5.41, 5.74) is 2.08. The number of ketones is 1. The number of para-hydroxylation sites is 1. The summed E-state index contributed by atoms with van der Waals surface area (Å²) >= 11 is 1.39. The molecule has 3 rings (SSSR count). The molecule has 0 aliphatic carbocycles. The summed E-state index contributed by atoms with van der Waals surface area (Å²) in [6, 6.07) is 18.5. The fourth-order valence-electron chi connectivity index (χ4n) is 2.59. The molecule has 1 N–H and O–H groups in total. The number of thiophene rings is 1. The number of nitrogens with one attached hydrogen (secondary N) is 1. The topological polar surface area (TPSA) is 64.6 Å². The summed E-state index contributed by atoms with van der Waals surface area (Å²) in [4.78, 5) is 26.4. The molecule has 0 amide bonds. The van der Waals surface area contributed by atoms with E-state index < -0.39 is 6.16 Å². The zero-order valence-corrected chi connectivity index (χ0v) is 15.8. The minimum absolute atomic E-state index is 0.178. The van der Waals surface area contributed by atoms with Crippen LogP contribution in [-0.4, -0.2) is 25.6 Å². The average Bonchev–Trinajstić information content (AvgIpc) is 3.13. The number of rotatable bonds is 6. The van der Waals surface area contributed by atoms with E-state index >= 15 is 0 Å². The molecular formula is C21H19NO4S. The van der Waals surface area contributed by atoms with Crippen LogP contribution in [0.15, 0.2) is 60.7 Å². The molecule has 0 fully saturated rings. The second-order valence-electron chi connectivity index (χ2n) is 5.58. The third kappa shape index (κ3) is 4.17. The van der Waals surface area contributed by atoms with Crippen LogP contribution in [0.25, 0.3) is 10.4 Å². The van der Waals surface area contributed by atoms with Crippen LogP contribution in [0.3, 0.4) is 0 Å². The molecule has 0 bridgehead atoms. The lowest BCUT2D eigenvalue weighted by atomic mass is 10.1. The zero-order valence-electron chi connectivity index (χ0n) is 15.0. The zero-order chi connectivity index (χ0) is 19.2. The molecule has 0 aliphatic heterocycles. The summed E-state index contributed by atoms with van der Waals surface area (Å²) in [7, 11) is 1.77. The first kappa shape index (κ1) is 18.7. The molecule has 0 radical (unpaired) electrons. The van der Waals surface area contributed by atoms with Crippen LogP contribution in [0.2, 0.25) is 0 Å². The molecule has 0 spiro atoms. The lowest BCUT2D eigenvalue weighted by Gasteiger charge is -2.09. The molecule has 27 heavy (non-hydrogen) atoms. The standard InChI is InChI=1S/C21H19NO4S/c1-3-25-21(24)26-17-12-8-7-11-15(17)19(23)20-16(22-2)13-18(27-20)14-9-5-4-6-10-14/h4-13,22H,3H2,1-2H3. The van der Waals surface area contributed by atoms with Crippen molar-refractivity contribution in [1.82, 2.24) is 0 Å². The number of carbonyl (C=O) groups excluding carboxylic acids is 2. The predicted molar refractivity (Wildman–Crippen MR) is 107 cm³/mol. The van der Waals surface area contributed by atoms with Crippen molar-refractivity contribution in [2.75, 3.05) is 19.0 Å². The van der Waals surface area contributed by atoms with E-state index in [-0.39, 0.29) is 18.1 Å². The Morgan fingerprint density at radius 3 is 2.44 bits per heavy atom. The van der Waals surface area contributed by atoms with Crippen molar-refractivity contribution in [3.63, 3.8) is 0 Å². The third-order valence-corrected chi connectivity index (χ3v) is 5.04. The van der Waals surface area contributed by atoms with Gasteiger partial charge < -0.3 is 14.8 Å². The summed E-state index contributed by atoms with van der Waals surface area (Å²) in [5, 5.41) is 3.07. The fourth-order valence-corrected chi connectivity index (χ4v) is 3.72. The van der Waals surface area contributed by atoms with Crippen LogP contribution in [0, 0.1) is 0 Å². The average molecular weight is 381 g/mol. The number of ether oxygens (including phenoxy) is 2. The molecule has 0 atom stereocenters. The lowest BCUT2D eigenvalue weighted by Crippen LogP contribution is -2.13. The van der Waals surface area contributed by atoms with Gasteiger partial charge in [0.1, 0.15) is 5.75 Å². The lowest BCUT2D eigenvalue weighted by molar-refractivity contribution is 0.100. The summed E-state index contributed by atoms with van der Waals surface area (Å²) in [5.74, 6) is -0.0379. The van der Waals surface area contributed by atoms with Crippen molar-refractivity contribution in [2.24, 2.45) is 0 Å². The number of benzene rings is 2. The molecule has 0 aliphatic rings. The minimum Gasteiger partial charge on any atom is -0.434 e. The van der Waals surface area contributed by atoms with Crippen molar-refractivity contribution < 1.29 is 19.1 Å². The Labute approximate surface area is 161 Å². The molecule has 6 heteroatoms. The maximum atomic E-state index is 13.2. The first-order chi connectivity index (χ1) is 13.1. The molecule has 1 aromatic heterocycles. The van der Waals surface area contributed by atoms with Crippen molar-refractivity contribution in [1.29, 1.82) is 0 Å². The summed E-state index contributed by atoms with van der Waals surface area (Å²) in [6.07, 6.45) is -0.831. The predicted octanol–water partition coefficient (Wildman–Crippen LogP) is 5.22. The molecule has 138 valence electrons. The summed E-state index contributed by atoms with van der Waals surface area (Å²) in [6.45, 7) is 1.89. The van der Waals surface area contributed by atoms with Crippen molar-refractivity contribution in [2.45, 2.75) is 6.92 Å². The number of hydrogen-bond acceptors (Lipinski definition) is 6. The van der Waals surface area contributed by atoms with Crippen LogP contribution in [0.4, 0.5) is 10.5 Å². The Balaban J connectivity index is 1.97. The van der Waals surface area contributed by atoms with Crippen LogP contribution in [-0.2, 0) is 4.74 Å². The second-order valence-corrected chi connectivity index (χ2v) is 6.63. The fraction of sp³-hybridized carbons (Fsp3) is 0.143. The van der Waals surface area contributed by atoms with E-state index in [0.717, 1.165) is 16.1 Å². The van der Waals surface area contributed by atoms with Crippen LogP contribution in [0.1, 0.15) is 22.2 Å². The monoisotopic (exact) mass is 381 g/mol. The van der Waals surface area contributed by atoms with E-state index in [1.807, 2.05) is 36.4 Å². The van der Waals surface area contributed by atoms with Gasteiger partial charge in [-0.05, 0) is 30.7 Å². The van der Waals surface area contributed by atoms with Crippen molar-refractivity contribution in [3.05, 3.63) is 71.1 Å². The van der Waals surface area contributed by atoms with Gasteiger partial charge in [0.25, 0.3) is 0 Å². The molecule has 3 aromatic rings. The number of hydrogen-bond donors (Lipinski definition) is 1. The van der Waals surface area contributed by atoms with Crippen molar-refractivity contribution in [3.8, 4) is 16.2 Å². The maximum absolute atomic E-state index is 13.2. The molecule has 1 heterocycles. The van der Waals surface area contributed by atoms with Gasteiger partial charge in [-0.3, -0.25) is 4.79 Å². The van der Waals surface area contributed by atoms with Gasteiger partial charge in [-0.15, -0.1) is 11.3 Å². The van der Waals surface area contributed by atoms with E-state index in [1.54, 1.807) is 38.2 Å². The SMILES string of the molecule is CCOC(=O)Oc1ccccc1C(=O)c1sc(-c2ccccc2)cc1NC. The Bertz CT molecular complexity index is 950. The molecule has 2 aromatic carbocycles. The first-order valence-corrected chi connectivity index (χ1v) is 9.31. The van der Waals surface area contributed by atoms with Gasteiger partial charge in [0.15, 0.2) is 0 Å². The van der Waals surface area contributed by atoms with Gasteiger partial charge in [-0.25, -0.2) is 4.79 Å². The van der Waals surface area contributed by atoms with Crippen LogP contribution in [0.5, 0.6) is 5.75 Å². The normalized spacial score (nSPS) is 10.3. The Hall–Kier alpha value is -3.12. The molecular weight excluding hydrogens is 362 g/mol. The molecule has 5 nitrogen and oxygen atoms in total. The number of anilines is 1. The highest BCUT2D eigenvalue weighted by atomic mass is 32.1. The molecule has 0 saturated heterocycles. The van der Waals surface area contributed by atoms with Crippen LogP contribution >= 0.6 is 11.3 Å². The van der Waals surface area contributed by atoms with Gasteiger partial charge in [0, 0.05) is 11.9 Å². The largest absolute Gasteiger partial charge is 0.513 e. The van der Waals surface area contributed by atoms with E-state index in [9.17, 15) is 9.59 Å². The first-order valence-electron chi connectivity index (χ1n) is 8.49. The quantitative estimate of drug-likeness (QED) is 0.360. The van der Waals surface area contributed by atoms with Gasteiger partial charge in [0.05, 0.1) is 22.7 Å². The summed E-state index contributed by atoms with van der Waals surface area (Å²) < 4.78 is 10.0. The van der Waals surface area contributed by atoms with Gasteiger partial charge in [-0.2, -0.15) is 0 Å². The Kier molecular flexibility index (Phi) is 5.88. The Morgan fingerprint density at radius 1 is 1.04 bits per heavy atom. The molecule has 0 saturated carbocycles. The van der Waals surface area contributed by atoms with Gasteiger partial charge >= 0.3 is 6.16 Å². The van der Waals surface area contributed by atoms with E-state index in [1.165, 1.54) is 11.3 Å². The highest BCUT2D eigenvalue weighted by molar-refractivity contribution is 7.18. The van der Waals surface area contributed by atoms with E-state index in [2.05, 4.69) is 5.32 Å². The highest BCUT2D eigenvalue weighted by Gasteiger charge is 2.22. The smallest absolute Gasteiger partial charge is 0.434 e. The maximum Gasteiger partial charge on any atom is 0.513 e. The Morgan fingerprint density at radius 2 is 1.74 bits per heavy atom. The van der Waals surface area contributed by atoms with Gasteiger partial charge in [-0.1, -0.05) is 42.5 Å². The van der Waals surface area contributed by atoms with Crippen LogP contribution < -0.4 is 10.1 Å². The van der Waals surface area contributed by atoms with E-state index in [4.69, 9.17) is 9.47 Å². The number of carbonyl (C=O) groups is 2. The van der Waals surface area contributed by atoms with Crippen molar-refractivity contribution >= 4 is 29.0 Å². The van der Waals surface area contributed by atoms with E-state index in [0.29, 0.717) is 10.4 Å². The highest BCUT2D eigenvalue weighted by Crippen LogP contribution is 2.37. The minimum atomic E-state index is -0.831. The second kappa shape index (κ2) is 8.51. The molecule has 0 unspecified atom stereocenters. The third-order valence-electron chi connectivity index (χ3n) is 3.85.